The van der Waals surface area contributed by atoms with Gasteiger partial charge in [-0.15, -0.1) is 0 Å². The zero-order valence-corrected chi connectivity index (χ0v) is 8.42. The third kappa shape index (κ3) is 3.72. The molecule has 0 aliphatic rings. The Morgan fingerprint density at radius 1 is 1.42 bits per heavy atom. The van der Waals surface area contributed by atoms with Crippen molar-refractivity contribution in [3.05, 3.63) is 0 Å². The third-order valence-corrected chi connectivity index (χ3v) is 1.99. The number of carbonyl (C=O) groups excluding carboxylic acids is 1. The molecule has 0 aliphatic heterocycles. The molecule has 3 heteroatoms. The molecule has 3 nitrogen and oxygen atoms in total. The van der Waals surface area contributed by atoms with Gasteiger partial charge in [0.1, 0.15) is 0 Å². The van der Waals surface area contributed by atoms with Gasteiger partial charge in [-0.3, -0.25) is 4.79 Å². The molecule has 0 bridgehead atoms. The number of nitrogens with two attached hydrogens (primary N) is 1. The Bertz CT molecular complexity index is 145. The van der Waals surface area contributed by atoms with Crippen LogP contribution >= 0.6 is 0 Å². The van der Waals surface area contributed by atoms with Gasteiger partial charge < -0.3 is 11.1 Å². The number of amides is 1. The van der Waals surface area contributed by atoms with Gasteiger partial charge >= 0.3 is 0 Å². The Hall–Kier alpha value is -0.570. The summed E-state index contributed by atoms with van der Waals surface area (Å²) in [5, 5.41) is 2.79. The van der Waals surface area contributed by atoms with E-state index in [0.717, 1.165) is 6.42 Å². The summed E-state index contributed by atoms with van der Waals surface area (Å²) in [6.07, 6.45) is 0.937. The van der Waals surface area contributed by atoms with Crippen molar-refractivity contribution in [1.29, 1.82) is 0 Å². The normalized spacial score (nSPS) is 15.8. The molecule has 0 rings (SSSR count). The molecule has 0 radical (unpaired) electrons. The first-order chi connectivity index (χ1) is 5.49. The maximum atomic E-state index is 11.3. The molecule has 0 aromatic heterocycles. The van der Waals surface area contributed by atoms with Crippen LogP contribution in [0.15, 0.2) is 0 Å². The highest BCUT2D eigenvalue weighted by molar-refractivity contribution is 5.81. The molecule has 0 saturated carbocycles. The highest BCUT2D eigenvalue weighted by Crippen LogP contribution is 2.05. The molecule has 12 heavy (non-hydrogen) atoms. The lowest BCUT2D eigenvalue weighted by Gasteiger charge is -2.19. The van der Waals surface area contributed by atoms with Crippen LogP contribution in [0.4, 0.5) is 0 Å². The first-order valence-corrected chi connectivity index (χ1v) is 4.55. The van der Waals surface area contributed by atoms with E-state index in [9.17, 15) is 4.79 Å². The zero-order chi connectivity index (χ0) is 9.72. The van der Waals surface area contributed by atoms with Gasteiger partial charge in [-0.05, 0) is 19.8 Å². The van der Waals surface area contributed by atoms with E-state index in [-0.39, 0.29) is 23.9 Å². The molecule has 0 saturated heterocycles. The minimum Gasteiger partial charge on any atom is -0.353 e. The minimum atomic E-state index is -0.364. The number of hydrogen-bond acceptors (Lipinski definition) is 2. The van der Waals surface area contributed by atoms with Gasteiger partial charge in [0, 0.05) is 6.04 Å². The summed E-state index contributed by atoms with van der Waals surface area (Å²) < 4.78 is 0. The van der Waals surface area contributed by atoms with Gasteiger partial charge in [0.15, 0.2) is 0 Å². The van der Waals surface area contributed by atoms with Crippen molar-refractivity contribution in [1.82, 2.24) is 5.32 Å². The van der Waals surface area contributed by atoms with Crippen LogP contribution in [0.1, 0.15) is 34.1 Å². The smallest absolute Gasteiger partial charge is 0.237 e. The summed E-state index contributed by atoms with van der Waals surface area (Å²) in [4.78, 5) is 11.3. The Morgan fingerprint density at radius 3 is 2.25 bits per heavy atom. The van der Waals surface area contributed by atoms with Crippen molar-refractivity contribution in [3.63, 3.8) is 0 Å². The average molecular weight is 172 g/mol. The van der Waals surface area contributed by atoms with Gasteiger partial charge in [-0.25, -0.2) is 0 Å². The number of carbonyl (C=O) groups is 1. The Balaban J connectivity index is 3.92. The highest BCUT2D eigenvalue weighted by atomic mass is 16.2. The van der Waals surface area contributed by atoms with Crippen LogP contribution < -0.4 is 11.1 Å². The van der Waals surface area contributed by atoms with Crippen LogP contribution in [0.25, 0.3) is 0 Å². The standard InChI is InChI=1S/C9H20N2O/c1-5-7(4)8(10)9(12)11-6(2)3/h6-8H,5,10H2,1-4H3,(H,11,12)/t7-,8-/m1/s1. The molecule has 1 amide bonds. The molecule has 0 heterocycles. The molecule has 0 spiro atoms. The van der Waals surface area contributed by atoms with Crippen molar-refractivity contribution in [3.8, 4) is 0 Å². The molecule has 0 aliphatic carbocycles. The van der Waals surface area contributed by atoms with Crippen LogP contribution in [0.5, 0.6) is 0 Å². The summed E-state index contributed by atoms with van der Waals surface area (Å²) in [7, 11) is 0. The van der Waals surface area contributed by atoms with E-state index in [1.165, 1.54) is 0 Å². The fraction of sp³-hybridized carbons (Fsp3) is 0.889. The number of rotatable bonds is 4. The summed E-state index contributed by atoms with van der Waals surface area (Å²) in [5.74, 6) is 0.211. The first-order valence-electron chi connectivity index (χ1n) is 4.55. The monoisotopic (exact) mass is 172 g/mol. The molecule has 72 valence electrons. The third-order valence-electron chi connectivity index (χ3n) is 1.99. The van der Waals surface area contributed by atoms with E-state index in [4.69, 9.17) is 5.73 Å². The maximum absolute atomic E-state index is 11.3. The van der Waals surface area contributed by atoms with E-state index in [2.05, 4.69) is 5.32 Å². The largest absolute Gasteiger partial charge is 0.353 e. The van der Waals surface area contributed by atoms with Gasteiger partial charge in [-0.2, -0.15) is 0 Å². The van der Waals surface area contributed by atoms with Crippen molar-refractivity contribution in [2.24, 2.45) is 11.7 Å². The van der Waals surface area contributed by atoms with Gasteiger partial charge in [0.2, 0.25) is 5.91 Å². The predicted molar refractivity (Wildman–Crippen MR) is 50.7 cm³/mol. The topological polar surface area (TPSA) is 55.1 Å². The summed E-state index contributed by atoms with van der Waals surface area (Å²) in [6.45, 7) is 7.89. The summed E-state index contributed by atoms with van der Waals surface area (Å²) in [6, 6.07) is -0.190. The van der Waals surface area contributed by atoms with Crippen molar-refractivity contribution >= 4 is 5.91 Å². The quantitative estimate of drug-likeness (QED) is 0.661. The average Bonchev–Trinajstić information content (AvgIpc) is 2.00. The fourth-order valence-electron chi connectivity index (χ4n) is 0.893. The number of nitrogens with one attached hydrogen (secondary N) is 1. The van der Waals surface area contributed by atoms with E-state index in [1.807, 2.05) is 27.7 Å². The highest BCUT2D eigenvalue weighted by Gasteiger charge is 2.19. The van der Waals surface area contributed by atoms with Crippen LogP contribution in [0.2, 0.25) is 0 Å². The van der Waals surface area contributed by atoms with Crippen LogP contribution in [0, 0.1) is 5.92 Å². The second kappa shape index (κ2) is 5.14. The molecule has 2 atom stereocenters. The SMILES string of the molecule is CC[C@@H](C)[C@@H](N)C(=O)NC(C)C. The van der Waals surface area contributed by atoms with Crippen LogP contribution in [-0.4, -0.2) is 18.0 Å². The predicted octanol–water partition coefficient (Wildman–Crippen LogP) is 0.884. The zero-order valence-electron chi connectivity index (χ0n) is 8.42. The molecule has 0 aromatic carbocycles. The van der Waals surface area contributed by atoms with E-state index in [0.29, 0.717) is 0 Å². The Kier molecular flexibility index (Phi) is 4.90. The second-order valence-electron chi connectivity index (χ2n) is 3.57. The van der Waals surface area contributed by atoms with Gasteiger partial charge in [0.25, 0.3) is 0 Å². The number of hydrogen-bond donors (Lipinski definition) is 2. The van der Waals surface area contributed by atoms with Crippen LogP contribution in [-0.2, 0) is 4.79 Å². The molecule has 0 aromatic rings. The maximum Gasteiger partial charge on any atom is 0.237 e. The minimum absolute atomic E-state index is 0.0423. The fourth-order valence-corrected chi connectivity index (χ4v) is 0.893. The van der Waals surface area contributed by atoms with E-state index >= 15 is 0 Å². The molecule has 0 fully saturated rings. The lowest BCUT2D eigenvalue weighted by atomic mass is 9.99. The molecule has 0 unspecified atom stereocenters. The van der Waals surface area contributed by atoms with E-state index in [1.54, 1.807) is 0 Å². The van der Waals surface area contributed by atoms with Crippen molar-refractivity contribution in [2.45, 2.75) is 46.2 Å². The first kappa shape index (κ1) is 11.4. The lowest BCUT2D eigenvalue weighted by molar-refractivity contribution is -0.123. The van der Waals surface area contributed by atoms with Crippen molar-refractivity contribution < 1.29 is 4.79 Å². The van der Waals surface area contributed by atoms with Crippen molar-refractivity contribution in [2.75, 3.05) is 0 Å². The second-order valence-corrected chi connectivity index (χ2v) is 3.57. The molecule has 3 N–H and O–H groups in total. The molecular weight excluding hydrogens is 152 g/mol. The summed E-state index contributed by atoms with van der Waals surface area (Å²) >= 11 is 0. The Labute approximate surface area is 74.7 Å². The van der Waals surface area contributed by atoms with E-state index < -0.39 is 0 Å². The lowest BCUT2D eigenvalue weighted by Crippen LogP contribution is -2.46. The van der Waals surface area contributed by atoms with Gasteiger partial charge in [0.05, 0.1) is 6.04 Å². The van der Waals surface area contributed by atoms with Crippen LogP contribution in [0.3, 0.4) is 0 Å². The summed E-state index contributed by atoms with van der Waals surface area (Å²) in [5.41, 5.74) is 5.71. The van der Waals surface area contributed by atoms with Gasteiger partial charge in [-0.1, -0.05) is 20.3 Å². The molecular formula is C9H20N2O. The Morgan fingerprint density at radius 2 is 1.92 bits per heavy atom.